The van der Waals surface area contributed by atoms with Crippen molar-refractivity contribution in [2.75, 3.05) is 6.61 Å². The number of rotatable bonds is 4. The molecule has 0 radical (unpaired) electrons. The lowest BCUT2D eigenvalue weighted by atomic mass is 9.90. The van der Waals surface area contributed by atoms with Crippen LogP contribution in [0, 0.1) is 5.92 Å². The van der Waals surface area contributed by atoms with Gasteiger partial charge in [0.2, 0.25) is 0 Å². The Morgan fingerprint density at radius 3 is 2.75 bits per heavy atom. The topological polar surface area (TPSA) is 35.2 Å². The maximum atomic E-state index is 6.26. The summed E-state index contributed by atoms with van der Waals surface area (Å²) in [4.78, 5) is 0. The van der Waals surface area contributed by atoms with Crippen molar-refractivity contribution in [1.29, 1.82) is 0 Å². The van der Waals surface area contributed by atoms with Gasteiger partial charge in [0.15, 0.2) is 0 Å². The molecule has 16 heavy (non-hydrogen) atoms. The minimum absolute atomic E-state index is 0.130. The first-order chi connectivity index (χ1) is 7.77. The highest BCUT2D eigenvalue weighted by molar-refractivity contribution is 5.18. The zero-order chi connectivity index (χ0) is 11.4. The van der Waals surface area contributed by atoms with Gasteiger partial charge in [0.25, 0.3) is 0 Å². The highest BCUT2D eigenvalue weighted by Crippen LogP contribution is 2.27. The second-order valence-electron chi connectivity index (χ2n) is 4.78. The van der Waals surface area contributed by atoms with Crippen LogP contribution >= 0.6 is 0 Å². The zero-order valence-corrected chi connectivity index (χ0v) is 9.93. The van der Waals surface area contributed by atoms with Crippen LogP contribution in [0.25, 0.3) is 0 Å². The summed E-state index contributed by atoms with van der Waals surface area (Å²) in [5.74, 6) is 0.477. The minimum atomic E-state index is 0.130. The summed E-state index contributed by atoms with van der Waals surface area (Å²) >= 11 is 0. The molecule has 88 valence electrons. The molecular weight excluding hydrogens is 198 g/mol. The van der Waals surface area contributed by atoms with Gasteiger partial charge in [0.05, 0.1) is 6.10 Å². The summed E-state index contributed by atoms with van der Waals surface area (Å²) in [5, 5.41) is 0. The molecule has 3 unspecified atom stereocenters. The van der Waals surface area contributed by atoms with E-state index in [9.17, 15) is 0 Å². The molecule has 1 heterocycles. The Labute approximate surface area is 97.8 Å². The van der Waals surface area contributed by atoms with Crippen LogP contribution in [-0.4, -0.2) is 12.7 Å². The Bertz CT molecular complexity index is 306. The third kappa shape index (κ3) is 2.83. The van der Waals surface area contributed by atoms with E-state index in [2.05, 4.69) is 19.1 Å². The Balaban J connectivity index is 1.91. The lowest BCUT2D eigenvalue weighted by Gasteiger charge is -2.22. The van der Waals surface area contributed by atoms with Gasteiger partial charge in [-0.3, -0.25) is 0 Å². The molecule has 0 amide bonds. The van der Waals surface area contributed by atoms with Gasteiger partial charge in [0, 0.05) is 12.6 Å². The molecule has 0 aromatic heterocycles. The Hall–Kier alpha value is -0.860. The van der Waals surface area contributed by atoms with E-state index in [0.717, 1.165) is 13.0 Å². The Morgan fingerprint density at radius 2 is 2.12 bits per heavy atom. The normalized spacial score (nSPS) is 24.2. The average Bonchev–Trinajstić information content (AvgIpc) is 2.82. The highest BCUT2D eigenvalue weighted by atomic mass is 16.5. The fourth-order valence-corrected chi connectivity index (χ4v) is 2.40. The Morgan fingerprint density at radius 1 is 1.38 bits per heavy atom. The maximum Gasteiger partial charge on any atom is 0.0579 e. The van der Waals surface area contributed by atoms with E-state index in [1.807, 2.05) is 18.2 Å². The summed E-state index contributed by atoms with van der Waals surface area (Å²) in [6.07, 6.45) is 3.92. The van der Waals surface area contributed by atoms with Crippen LogP contribution in [-0.2, 0) is 4.74 Å². The van der Waals surface area contributed by atoms with Gasteiger partial charge in [-0.25, -0.2) is 0 Å². The average molecular weight is 219 g/mol. The third-order valence-corrected chi connectivity index (χ3v) is 3.46. The number of benzene rings is 1. The molecule has 0 spiro atoms. The quantitative estimate of drug-likeness (QED) is 0.845. The van der Waals surface area contributed by atoms with Gasteiger partial charge in [-0.05, 0) is 30.7 Å². The smallest absolute Gasteiger partial charge is 0.0579 e. The second kappa shape index (κ2) is 5.46. The first-order valence-electron chi connectivity index (χ1n) is 6.19. The molecule has 2 rings (SSSR count). The van der Waals surface area contributed by atoms with Gasteiger partial charge < -0.3 is 10.5 Å². The van der Waals surface area contributed by atoms with Crippen LogP contribution in [0.4, 0.5) is 0 Å². The van der Waals surface area contributed by atoms with Crippen molar-refractivity contribution in [3.8, 4) is 0 Å². The van der Waals surface area contributed by atoms with Crippen molar-refractivity contribution in [2.24, 2.45) is 11.7 Å². The summed E-state index contributed by atoms with van der Waals surface area (Å²) in [5.41, 5.74) is 7.49. The van der Waals surface area contributed by atoms with Gasteiger partial charge >= 0.3 is 0 Å². The van der Waals surface area contributed by atoms with Gasteiger partial charge in [0.1, 0.15) is 0 Å². The lowest BCUT2D eigenvalue weighted by Crippen LogP contribution is -2.23. The summed E-state index contributed by atoms with van der Waals surface area (Å²) in [6.45, 7) is 3.15. The van der Waals surface area contributed by atoms with Crippen LogP contribution in [0.15, 0.2) is 30.3 Å². The number of ether oxygens (including phenoxy) is 1. The first-order valence-corrected chi connectivity index (χ1v) is 6.19. The van der Waals surface area contributed by atoms with Crippen molar-refractivity contribution >= 4 is 0 Å². The first kappa shape index (κ1) is 11.6. The molecule has 1 fully saturated rings. The molecule has 0 saturated carbocycles. The van der Waals surface area contributed by atoms with Crippen LogP contribution in [0.5, 0.6) is 0 Å². The molecule has 1 aliphatic rings. The van der Waals surface area contributed by atoms with Crippen LogP contribution in [0.3, 0.4) is 0 Å². The van der Waals surface area contributed by atoms with E-state index >= 15 is 0 Å². The summed E-state index contributed by atoms with van der Waals surface area (Å²) in [7, 11) is 0. The number of hydrogen-bond acceptors (Lipinski definition) is 2. The van der Waals surface area contributed by atoms with Crippen molar-refractivity contribution in [3.05, 3.63) is 35.9 Å². The molecule has 1 saturated heterocycles. The van der Waals surface area contributed by atoms with E-state index in [4.69, 9.17) is 10.5 Å². The minimum Gasteiger partial charge on any atom is -0.378 e. The second-order valence-corrected chi connectivity index (χ2v) is 4.78. The van der Waals surface area contributed by atoms with Crippen molar-refractivity contribution in [3.63, 3.8) is 0 Å². The van der Waals surface area contributed by atoms with E-state index in [-0.39, 0.29) is 6.04 Å². The molecule has 0 aliphatic carbocycles. The number of nitrogens with two attached hydrogens (primary N) is 1. The molecule has 1 aliphatic heterocycles. The monoisotopic (exact) mass is 219 g/mol. The predicted octanol–water partition coefficient (Wildman–Crippen LogP) is 2.89. The van der Waals surface area contributed by atoms with Gasteiger partial charge in [-0.1, -0.05) is 37.3 Å². The van der Waals surface area contributed by atoms with Crippen LogP contribution in [0.1, 0.15) is 37.8 Å². The maximum absolute atomic E-state index is 6.26. The molecule has 2 heteroatoms. The zero-order valence-electron chi connectivity index (χ0n) is 9.93. The largest absolute Gasteiger partial charge is 0.378 e. The number of hydrogen-bond donors (Lipinski definition) is 1. The molecule has 1 aromatic carbocycles. The van der Waals surface area contributed by atoms with Crippen molar-refractivity contribution in [2.45, 2.75) is 38.3 Å². The van der Waals surface area contributed by atoms with Crippen molar-refractivity contribution in [1.82, 2.24) is 0 Å². The lowest BCUT2D eigenvalue weighted by molar-refractivity contribution is 0.0881. The van der Waals surface area contributed by atoms with Crippen LogP contribution in [0.2, 0.25) is 0 Å². The summed E-state index contributed by atoms with van der Waals surface area (Å²) in [6, 6.07) is 10.5. The van der Waals surface area contributed by atoms with Crippen molar-refractivity contribution < 1.29 is 4.74 Å². The SMILES string of the molecule is CC(CC1CCCO1)C(N)c1ccccc1. The predicted molar refractivity (Wildman–Crippen MR) is 66.1 cm³/mol. The molecule has 2 nitrogen and oxygen atoms in total. The molecular formula is C14H21NO. The van der Waals surface area contributed by atoms with E-state index in [0.29, 0.717) is 12.0 Å². The van der Waals surface area contributed by atoms with Crippen LogP contribution < -0.4 is 5.73 Å². The van der Waals surface area contributed by atoms with Gasteiger partial charge in [-0.15, -0.1) is 0 Å². The standard InChI is InChI=1S/C14H21NO/c1-11(10-13-8-5-9-16-13)14(15)12-6-3-2-4-7-12/h2-4,6-7,11,13-14H,5,8-10,15H2,1H3. The van der Waals surface area contributed by atoms with E-state index in [1.54, 1.807) is 0 Å². The van der Waals surface area contributed by atoms with Gasteiger partial charge in [-0.2, -0.15) is 0 Å². The molecule has 0 bridgehead atoms. The highest BCUT2D eigenvalue weighted by Gasteiger charge is 2.22. The fraction of sp³-hybridized carbons (Fsp3) is 0.571. The van der Waals surface area contributed by atoms with E-state index in [1.165, 1.54) is 18.4 Å². The fourth-order valence-electron chi connectivity index (χ4n) is 2.40. The molecule has 2 N–H and O–H groups in total. The summed E-state index contributed by atoms with van der Waals surface area (Å²) < 4.78 is 5.65. The third-order valence-electron chi connectivity index (χ3n) is 3.46. The van der Waals surface area contributed by atoms with E-state index < -0.39 is 0 Å². The molecule has 3 atom stereocenters. The Kier molecular flexibility index (Phi) is 3.97. The molecule has 1 aromatic rings.